The molecule has 0 aliphatic heterocycles. The highest BCUT2D eigenvalue weighted by Gasteiger charge is 2.25. The fraction of sp³-hybridized carbons (Fsp3) is 0.0588. The largest absolute Gasteiger partial charge is 0.495 e. The lowest BCUT2D eigenvalue weighted by atomic mass is 10.1. The van der Waals surface area contributed by atoms with Gasteiger partial charge in [-0.1, -0.05) is 30.3 Å². The molecule has 0 atom stereocenters. The maximum Gasteiger partial charge on any atom is 0.343 e. The first-order chi connectivity index (χ1) is 11.9. The van der Waals surface area contributed by atoms with Crippen LogP contribution in [0.5, 0.6) is 11.5 Å². The van der Waals surface area contributed by atoms with Crippen molar-refractivity contribution in [3.63, 3.8) is 0 Å². The number of nitrogens with zero attached hydrogens (tertiary/aromatic N) is 1. The standard InChI is InChI=1S/C17H13NO6S/c1-23-16-9-7-14(18(19)20)11-17(16)25(21,22)24-15-8-6-12-4-2-3-5-13(12)10-15/h2-11H,1H3. The second-order valence-electron chi connectivity index (χ2n) is 5.14. The van der Waals surface area contributed by atoms with Gasteiger partial charge in [-0.2, -0.15) is 8.42 Å². The van der Waals surface area contributed by atoms with Crippen molar-refractivity contribution >= 4 is 26.6 Å². The number of hydrogen-bond acceptors (Lipinski definition) is 6. The molecule has 0 heterocycles. The van der Waals surface area contributed by atoms with Gasteiger partial charge < -0.3 is 8.92 Å². The van der Waals surface area contributed by atoms with Crippen LogP contribution in [0.15, 0.2) is 65.6 Å². The van der Waals surface area contributed by atoms with Crippen molar-refractivity contribution in [3.05, 3.63) is 70.8 Å². The topological polar surface area (TPSA) is 95.7 Å². The normalized spacial score (nSPS) is 11.2. The van der Waals surface area contributed by atoms with Crippen LogP contribution >= 0.6 is 0 Å². The third-order valence-electron chi connectivity index (χ3n) is 3.55. The zero-order valence-corrected chi connectivity index (χ0v) is 13.9. The van der Waals surface area contributed by atoms with Crippen LogP contribution in [-0.2, 0) is 10.1 Å². The molecule has 0 N–H and O–H groups in total. The van der Waals surface area contributed by atoms with E-state index in [4.69, 9.17) is 8.92 Å². The summed E-state index contributed by atoms with van der Waals surface area (Å²) in [6, 6.07) is 15.5. The fourth-order valence-corrected chi connectivity index (χ4v) is 3.47. The summed E-state index contributed by atoms with van der Waals surface area (Å²) in [7, 11) is -3.04. The molecule has 0 aromatic heterocycles. The average Bonchev–Trinajstić information content (AvgIpc) is 2.60. The smallest absolute Gasteiger partial charge is 0.343 e. The minimum absolute atomic E-state index is 0.0358. The number of nitro groups is 1. The maximum atomic E-state index is 12.6. The van der Waals surface area contributed by atoms with E-state index in [0.717, 1.165) is 22.9 Å². The monoisotopic (exact) mass is 359 g/mol. The number of rotatable bonds is 5. The molecule has 8 heteroatoms. The molecule has 3 aromatic carbocycles. The Morgan fingerprint density at radius 3 is 2.36 bits per heavy atom. The molecule has 128 valence electrons. The molecule has 0 fully saturated rings. The van der Waals surface area contributed by atoms with E-state index < -0.39 is 19.9 Å². The van der Waals surface area contributed by atoms with Gasteiger partial charge in [-0.25, -0.2) is 0 Å². The molecule has 0 unspecified atom stereocenters. The van der Waals surface area contributed by atoms with Crippen molar-refractivity contribution in [1.29, 1.82) is 0 Å². The van der Waals surface area contributed by atoms with Crippen molar-refractivity contribution in [1.82, 2.24) is 0 Å². The number of benzene rings is 3. The molecule has 3 aromatic rings. The minimum Gasteiger partial charge on any atom is -0.495 e. The summed E-state index contributed by atoms with van der Waals surface area (Å²) in [4.78, 5) is 9.82. The fourth-order valence-electron chi connectivity index (χ4n) is 2.37. The molecule has 0 amide bonds. The van der Waals surface area contributed by atoms with Crippen LogP contribution in [0.2, 0.25) is 0 Å². The van der Waals surface area contributed by atoms with Crippen molar-refractivity contribution in [2.45, 2.75) is 4.90 Å². The molecule has 0 saturated heterocycles. The highest BCUT2D eigenvalue weighted by Crippen LogP contribution is 2.31. The molecular weight excluding hydrogens is 346 g/mol. The van der Waals surface area contributed by atoms with E-state index in [2.05, 4.69) is 0 Å². The summed E-state index contributed by atoms with van der Waals surface area (Å²) in [5.74, 6) is 0.0682. The predicted octanol–water partition coefficient (Wildman–Crippen LogP) is 3.52. The molecule has 0 spiro atoms. The van der Waals surface area contributed by atoms with Crippen LogP contribution in [0.4, 0.5) is 5.69 Å². The zero-order valence-electron chi connectivity index (χ0n) is 13.1. The highest BCUT2D eigenvalue weighted by atomic mass is 32.2. The van der Waals surface area contributed by atoms with Crippen LogP contribution < -0.4 is 8.92 Å². The van der Waals surface area contributed by atoms with E-state index in [-0.39, 0.29) is 17.2 Å². The Bertz CT molecular complexity index is 1060. The molecule has 7 nitrogen and oxygen atoms in total. The average molecular weight is 359 g/mol. The lowest BCUT2D eigenvalue weighted by Gasteiger charge is -2.11. The first-order valence-corrected chi connectivity index (χ1v) is 8.57. The first kappa shape index (κ1) is 16.7. The van der Waals surface area contributed by atoms with Crippen molar-refractivity contribution in [2.24, 2.45) is 0 Å². The maximum absolute atomic E-state index is 12.6. The van der Waals surface area contributed by atoms with Crippen LogP contribution in [0.3, 0.4) is 0 Å². The quantitative estimate of drug-likeness (QED) is 0.393. The van der Waals surface area contributed by atoms with Crippen molar-refractivity contribution in [2.75, 3.05) is 7.11 Å². The van der Waals surface area contributed by atoms with Gasteiger partial charge in [0.2, 0.25) is 0 Å². The SMILES string of the molecule is COc1ccc([N+](=O)[O-])cc1S(=O)(=O)Oc1ccc2ccccc2c1. The third kappa shape index (κ3) is 3.38. The second kappa shape index (κ2) is 6.40. The van der Waals surface area contributed by atoms with Crippen molar-refractivity contribution < 1.29 is 22.3 Å². The van der Waals surface area contributed by atoms with Gasteiger partial charge in [0, 0.05) is 12.1 Å². The molecule has 0 bridgehead atoms. The van der Waals surface area contributed by atoms with Gasteiger partial charge >= 0.3 is 10.1 Å². The molecule has 0 saturated carbocycles. The van der Waals surface area contributed by atoms with Crippen LogP contribution in [-0.4, -0.2) is 20.5 Å². The molecule has 0 radical (unpaired) electrons. The van der Waals surface area contributed by atoms with E-state index in [0.29, 0.717) is 0 Å². The number of methoxy groups -OCH3 is 1. The van der Waals surface area contributed by atoms with Gasteiger partial charge in [-0.15, -0.1) is 0 Å². The highest BCUT2D eigenvalue weighted by molar-refractivity contribution is 7.87. The third-order valence-corrected chi connectivity index (χ3v) is 4.82. The molecular formula is C17H13NO6S. The Morgan fingerprint density at radius 1 is 0.960 bits per heavy atom. The zero-order chi connectivity index (χ0) is 18.0. The lowest BCUT2D eigenvalue weighted by molar-refractivity contribution is -0.385. The minimum atomic E-state index is -4.31. The van der Waals surface area contributed by atoms with E-state index >= 15 is 0 Å². The summed E-state index contributed by atoms with van der Waals surface area (Å²) in [6.45, 7) is 0. The lowest BCUT2D eigenvalue weighted by Crippen LogP contribution is -2.11. The van der Waals surface area contributed by atoms with Crippen LogP contribution in [0.1, 0.15) is 0 Å². The molecule has 0 aliphatic carbocycles. The molecule has 3 rings (SSSR count). The van der Waals surface area contributed by atoms with Crippen molar-refractivity contribution in [3.8, 4) is 11.5 Å². The van der Waals surface area contributed by atoms with Gasteiger partial charge in [-0.3, -0.25) is 10.1 Å². The van der Waals surface area contributed by atoms with E-state index in [9.17, 15) is 18.5 Å². The Hall–Kier alpha value is -3.13. The van der Waals surface area contributed by atoms with E-state index in [1.165, 1.54) is 19.2 Å². The summed E-state index contributed by atoms with van der Waals surface area (Å²) >= 11 is 0. The van der Waals surface area contributed by atoms with Gasteiger partial charge in [0.25, 0.3) is 5.69 Å². The van der Waals surface area contributed by atoms with Gasteiger partial charge in [-0.05, 0) is 29.0 Å². The number of hydrogen-bond donors (Lipinski definition) is 0. The number of non-ortho nitro benzene ring substituents is 1. The predicted molar refractivity (Wildman–Crippen MR) is 91.4 cm³/mol. The van der Waals surface area contributed by atoms with Gasteiger partial charge in [0.1, 0.15) is 11.5 Å². The summed E-state index contributed by atoms with van der Waals surface area (Å²) in [5.41, 5.74) is -0.374. The number of nitro benzene ring substituents is 1. The molecule has 25 heavy (non-hydrogen) atoms. The van der Waals surface area contributed by atoms with Gasteiger partial charge in [0.05, 0.1) is 12.0 Å². The van der Waals surface area contributed by atoms with Crippen LogP contribution in [0, 0.1) is 10.1 Å². The number of fused-ring (bicyclic) bond motifs is 1. The Morgan fingerprint density at radius 2 is 1.68 bits per heavy atom. The van der Waals surface area contributed by atoms with Gasteiger partial charge in [0.15, 0.2) is 4.90 Å². The number of ether oxygens (including phenoxy) is 1. The summed E-state index contributed by atoms with van der Waals surface area (Å²) < 4.78 is 35.3. The summed E-state index contributed by atoms with van der Waals surface area (Å²) in [5, 5.41) is 12.7. The van der Waals surface area contributed by atoms with E-state index in [1.54, 1.807) is 12.1 Å². The van der Waals surface area contributed by atoms with Crippen LogP contribution in [0.25, 0.3) is 10.8 Å². The Labute approximate surface area is 143 Å². The summed E-state index contributed by atoms with van der Waals surface area (Å²) in [6.07, 6.45) is 0. The Kier molecular flexibility index (Phi) is 4.28. The molecule has 0 aliphatic rings. The first-order valence-electron chi connectivity index (χ1n) is 7.16. The second-order valence-corrected chi connectivity index (χ2v) is 6.65. The van der Waals surface area contributed by atoms with E-state index in [1.807, 2.05) is 24.3 Å². The Balaban J connectivity index is 2.03.